The highest BCUT2D eigenvalue weighted by Gasteiger charge is 2.22. The summed E-state index contributed by atoms with van der Waals surface area (Å²) in [4.78, 5) is 20.0. The zero-order valence-electron chi connectivity index (χ0n) is 15.8. The maximum Gasteiger partial charge on any atom is 0.242 e. The van der Waals surface area contributed by atoms with Gasteiger partial charge in [0.05, 0.1) is 27.4 Å². The first kappa shape index (κ1) is 19.0. The Bertz CT molecular complexity index is 1010. The van der Waals surface area contributed by atoms with Crippen molar-refractivity contribution < 1.29 is 19.0 Å². The molecule has 0 saturated carbocycles. The number of hydrogen-bond donors (Lipinski definition) is 2. The van der Waals surface area contributed by atoms with Gasteiger partial charge in [-0.25, -0.2) is 4.98 Å². The summed E-state index contributed by atoms with van der Waals surface area (Å²) in [5.74, 6) is -0.0545. The molecule has 0 bridgehead atoms. The van der Waals surface area contributed by atoms with Gasteiger partial charge in [0, 0.05) is 35.6 Å². The van der Waals surface area contributed by atoms with Crippen LogP contribution in [-0.4, -0.2) is 37.2 Å². The number of aromatic amines is 1. The van der Waals surface area contributed by atoms with Crippen molar-refractivity contribution in [2.24, 2.45) is 5.92 Å². The number of carbonyl (C=O) groups excluding carboxylic acids is 1. The van der Waals surface area contributed by atoms with Gasteiger partial charge in [-0.1, -0.05) is 0 Å². The van der Waals surface area contributed by atoms with Gasteiger partial charge in [0.15, 0.2) is 11.5 Å². The SMILES string of the molecule is COc1cc(NC(=O)[C@H](C#N)Cc2c[nH]c3ncccc23)cc(OC)c1OC. The second-order valence-electron chi connectivity index (χ2n) is 6.00. The zero-order chi connectivity index (χ0) is 20.1. The highest BCUT2D eigenvalue weighted by atomic mass is 16.5. The standard InChI is InChI=1S/C20H20N4O4/c1-26-16-8-14(9-17(27-2)18(16)28-3)24-20(25)12(10-21)7-13-11-23-19-15(13)5-4-6-22-19/h4-6,8-9,11-12H,7H2,1-3H3,(H,22,23)(H,24,25)/t12-/m0/s1. The van der Waals surface area contributed by atoms with Gasteiger partial charge in [-0.05, 0) is 24.1 Å². The molecular weight excluding hydrogens is 360 g/mol. The number of fused-ring (bicyclic) bond motifs is 1. The summed E-state index contributed by atoms with van der Waals surface area (Å²) in [6.45, 7) is 0. The number of methoxy groups -OCH3 is 3. The molecule has 8 nitrogen and oxygen atoms in total. The van der Waals surface area contributed by atoms with Crippen LogP contribution in [0.5, 0.6) is 17.2 Å². The quantitative estimate of drug-likeness (QED) is 0.652. The summed E-state index contributed by atoms with van der Waals surface area (Å²) in [5.41, 5.74) is 2.02. The highest BCUT2D eigenvalue weighted by molar-refractivity contribution is 5.95. The Balaban J connectivity index is 1.82. The molecule has 2 N–H and O–H groups in total. The van der Waals surface area contributed by atoms with E-state index in [1.807, 2.05) is 12.1 Å². The molecule has 144 valence electrons. The third-order valence-electron chi connectivity index (χ3n) is 4.37. The molecule has 8 heteroatoms. The lowest BCUT2D eigenvalue weighted by Gasteiger charge is -2.15. The second kappa shape index (κ2) is 8.31. The van der Waals surface area contributed by atoms with E-state index in [9.17, 15) is 10.1 Å². The molecule has 0 aliphatic rings. The zero-order valence-corrected chi connectivity index (χ0v) is 15.8. The molecule has 0 aliphatic heterocycles. The molecule has 2 heterocycles. The number of ether oxygens (including phenoxy) is 3. The van der Waals surface area contributed by atoms with Crippen molar-refractivity contribution in [3.63, 3.8) is 0 Å². The van der Waals surface area contributed by atoms with E-state index in [1.165, 1.54) is 21.3 Å². The molecule has 0 unspecified atom stereocenters. The molecule has 0 saturated heterocycles. The van der Waals surface area contributed by atoms with Crippen molar-refractivity contribution in [2.75, 3.05) is 26.6 Å². The molecular formula is C20H20N4O4. The van der Waals surface area contributed by atoms with E-state index >= 15 is 0 Å². The number of hydrogen-bond acceptors (Lipinski definition) is 6. The Labute approximate surface area is 162 Å². The number of carbonyl (C=O) groups is 1. The van der Waals surface area contributed by atoms with E-state index in [0.29, 0.717) is 22.9 Å². The smallest absolute Gasteiger partial charge is 0.242 e. The molecule has 0 spiro atoms. The molecule has 1 atom stereocenters. The van der Waals surface area contributed by atoms with Crippen LogP contribution in [0.2, 0.25) is 0 Å². The minimum Gasteiger partial charge on any atom is -0.493 e. The van der Waals surface area contributed by atoms with E-state index in [2.05, 4.69) is 21.4 Å². The van der Waals surface area contributed by atoms with Crippen molar-refractivity contribution in [3.8, 4) is 23.3 Å². The van der Waals surface area contributed by atoms with Crippen molar-refractivity contribution in [2.45, 2.75) is 6.42 Å². The van der Waals surface area contributed by atoms with Crippen molar-refractivity contribution in [1.29, 1.82) is 5.26 Å². The van der Waals surface area contributed by atoms with E-state index < -0.39 is 11.8 Å². The monoisotopic (exact) mass is 380 g/mol. The molecule has 3 rings (SSSR count). The van der Waals surface area contributed by atoms with Gasteiger partial charge in [-0.2, -0.15) is 5.26 Å². The first-order valence-electron chi connectivity index (χ1n) is 8.52. The van der Waals surface area contributed by atoms with Gasteiger partial charge in [0.25, 0.3) is 0 Å². The van der Waals surface area contributed by atoms with Crippen LogP contribution in [0.3, 0.4) is 0 Å². The van der Waals surface area contributed by atoms with E-state index in [0.717, 1.165) is 16.6 Å². The minimum atomic E-state index is -0.877. The number of benzene rings is 1. The van der Waals surface area contributed by atoms with Crippen LogP contribution in [0.25, 0.3) is 11.0 Å². The molecule has 0 radical (unpaired) electrons. The van der Waals surface area contributed by atoms with Crippen LogP contribution in [0.15, 0.2) is 36.7 Å². The first-order valence-corrected chi connectivity index (χ1v) is 8.52. The van der Waals surface area contributed by atoms with Crippen LogP contribution in [-0.2, 0) is 11.2 Å². The lowest BCUT2D eigenvalue weighted by molar-refractivity contribution is -0.118. The number of rotatable bonds is 7. The maximum atomic E-state index is 12.7. The predicted molar refractivity (Wildman–Crippen MR) is 104 cm³/mol. The fraction of sp³-hybridized carbons (Fsp3) is 0.250. The summed E-state index contributed by atoms with van der Waals surface area (Å²) in [5, 5.41) is 13.2. The summed E-state index contributed by atoms with van der Waals surface area (Å²) >= 11 is 0. The van der Waals surface area contributed by atoms with Crippen LogP contribution in [0.4, 0.5) is 5.69 Å². The predicted octanol–water partition coefficient (Wildman–Crippen LogP) is 2.91. The van der Waals surface area contributed by atoms with Gasteiger partial charge in [0.2, 0.25) is 11.7 Å². The largest absolute Gasteiger partial charge is 0.493 e. The summed E-state index contributed by atoms with van der Waals surface area (Å²) in [6, 6.07) is 9.02. The third kappa shape index (κ3) is 3.69. The molecule has 0 aliphatic carbocycles. The number of anilines is 1. The third-order valence-corrected chi connectivity index (χ3v) is 4.37. The van der Waals surface area contributed by atoms with Crippen LogP contribution < -0.4 is 19.5 Å². The maximum absolute atomic E-state index is 12.7. The van der Waals surface area contributed by atoms with Crippen LogP contribution in [0, 0.1) is 17.2 Å². The molecule has 1 amide bonds. The number of nitrogens with zero attached hydrogens (tertiary/aromatic N) is 2. The Hall–Kier alpha value is -3.73. The minimum absolute atomic E-state index is 0.262. The van der Waals surface area contributed by atoms with Crippen LogP contribution >= 0.6 is 0 Å². The first-order chi connectivity index (χ1) is 13.6. The lowest BCUT2D eigenvalue weighted by atomic mass is 10.00. The Morgan fingerprint density at radius 2 is 1.96 bits per heavy atom. The van der Waals surface area contributed by atoms with Crippen LogP contribution in [0.1, 0.15) is 5.56 Å². The van der Waals surface area contributed by atoms with Gasteiger partial charge >= 0.3 is 0 Å². The fourth-order valence-corrected chi connectivity index (χ4v) is 2.98. The molecule has 28 heavy (non-hydrogen) atoms. The summed E-state index contributed by atoms with van der Waals surface area (Å²) in [6.07, 6.45) is 3.72. The van der Waals surface area contributed by atoms with Gasteiger partial charge in [0.1, 0.15) is 11.6 Å². The molecule has 1 aromatic carbocycles. The Morgan fingerprint density at radius 3 is 2.57 bits per heavy atom. The number of amides is 1. The highest BCUT2D eigenvalue weighted by Crippen LogP contribution is 2.40. The van der Waals surface area contributed by atoms with Crippen molar-refractivity contribution in [3.05, 3.63) is 42.2 Å². The molecule has 2 aromatic heterocycles. The number of nitriles is 1. The lowest BCUT2D eigenvalue weighted by Crippen LogP contribution is -2.23. The van der Waals surface area contributed by atoms with Crippen molar-refractivity contribution in [1.82, 2.24) is 9.97 Å². The molecule has 3 aromatic rings. The summed E-state index contributed by atoms with van der Waals surface area (Å²) < 4.78 is 15.9. The normalized spacial score (nSPS) is 11.5. The number of aromatic nitrogens is 2. The average molecular weight is 380 g/mol. The second-order valence-corrected chi connectivity index (χ2v) is 6.00. The summed E-state index contributed by atoms with van der Waals surface area (Å²) in [7, 11) is 4.48. The Morgan fingerprint density at radius 1 is 1.25 bits per heavy atom. The number of nitrogens with one attached hydrogen (secondary N) is 2. The van der Waals surface area contributed by atoms with Crippen molar-refractivity contribution >= 4 is 22.6 Å². The van der Waals surface area contributed by atoms with Gasteiger partial charge in [-0.15, -0.1) is 0 Å². The van der Waals surface area contributed by atoms with E-state index in [4.69, 9.17) is 14.2 Å². The van der Waals surface area contributed by atoms with Gasteiger partial charge in [-0.3, -0.25) is 4.79 Å². The topological polar surface area (TPSA) is 109 Å². The van der Waals surface area contributed by atoms with E-state index in [-0.39, 0.29) is 6.42 Å². The fourth-order valence-electron chi connectivity index (χ4n) is 2.98. The number of H-pyrrole nitrogens is 1. The molecule has 0 fully saturated rings. The van der Waals surface area contributed by atoms with E-state index in [1.54, 1.807) is 24.5 Å². The Kier molecular flexibility index (Phi) is 5.65. The van der Waals surface area contributed by atoms with Gasteiger partial charge < -0.3 is 24.5 Å². The number of pyridine rings is 1. The average Bonchev–Trinajstić information content (AvgIpc) is 3.13.